The summed E-state index contributed by atoms with van der Waals surface area (Å²) in [4.78, 5) is 23.6. The van der Waals surface area contributed by atoms with Crippen molar-refractivity contribution in [3.05, 3.63) is 59.2 Å². The Labute approximate surface area is 141 Å². The summed E-state index contributed by atoms with van der Waals surface area (Å²) >= 11 is 0. The van der Waals surface area contributed by atoms with Gasteiger partial charge in [-0.15, -0.1) is 0 Å². The molecule has 0 N–H and O–H groups in total. The molecule has 2 aromatic rings. The van der Waals surface area contributed by atoms with E-state index in [1.165, 1.54) is 6.07 Å². The van der Waals surface area contributed by atoms with Gasteiger partial charge in [0.1, 0.15) is 11.5 Å². The summed E-state index contributed by atoms with van der Waals surface area (Å²) in [7, 11) is 0. The molecule has 5 nitrogen and oxygen atoms in total. The van der Waals surface area contributed by atoms with Gasteiger partial charge in [-0.2, -0.15) is 0 Å². The van der Waals surface area contributed by atoms with E-state index in [0.717, 1.165) is 11.1 Å². The zero-order chi connectivity index (χ0) is 17.5. The Bertz CT molecular complexity index is 716. The second-order valence-electron chi connectivity index (χ2n) is 5.23. The molecule has 0 saturated carbocycles. The summed E-state index contributed by atoms with van der Waals surface area (Å²) in [5, 5.41) is 0. The van der Waals surface area contributed by atoms with Crippen molar-refractivity contribution in [2.75, 3.05) is 13.2 Å². The zero-order valence-corrected chi connectivity index (χ0v) is 14.0. The lowest BCUT2D eigenvalue weighted by Crippen LogP contribution is -2.18. The maximum Gasteiger partial charge on any atom is 0.349 e. The van der Waals surface area contributed by atoms with Gasteiger partial charge in [0.15, 0.2) is 6.61 Å². The molecule has 2 aromatic carbocycles. The first kappa shape index (κ1) is 17.5. The van der Waals surface area contributed by atoms with Crippen molar-refractivity contribution in [1.29, 1.82) is 0 Å². The number of aryl methyl sites for hydroxylation is 2. The molecular formula is C19H20O5. The van der Waals surface area contributed by atoms with Gasteiger partial charge in [0, 0.05) is 0 Å². The molecule has 0 aliphatic rings. The second kappa shape index (κ2) is 8.15. The van der Waals surface area contributed by atoms with Crippen LogP contribution in [0.3, 0.4) is 0 Å². The van der Waals surface area contributed by atoms with Crippen LogP contribution in [0.1, 0.15) is 28.4 Å². The Morgan fingerprint density at radius 3 is 2.33 bits per heavy atom. The lowest BCUT2D eigenvalue weighted by molar-refractivity contribution is -0.136. The molecule has 0 saturated heterocycles. The standard InChI is InChI=1S/C19H20O5/c1-4-22-19(21)15-9-6-10-16(11-15)24-17(20)12-23-18-13(2)7-5-8-14(18)3/h5-11H,4,12H2,1-3H3. The number of carbonyl (C=O) groups is 2. The summed E-state index contributed by atoms with van der Waals surface area (Å²) < 4.78 is 15.7. The van der Waals surface area contributed by atoms with Gasteiger partial charge in [0.05, 0.1) is 12.2 Å². The topological polar surface area (TPSA) is 61.8 Å². The largest absolute Gasteiger partial charge is 0.481 e. The molecule has 24 heavy (non-hydrogen) atoms. The average molecular weight is 328 g/mol. The minimum Gasteiger partial charge on any atom is -0.481 e. The third-order valence-electron chi connectivity index (χ3n) is 3.32. The molecule has 0 radical (unpaired) electrons. The fourth-order valence-corrected chi connectivity index (χ4v) is 2.22. The normalized spacial score (nSPS) is 10.1. The van der Waals surface area contributed by atoms with Crippen molar-refractivity contribution in [2.24, 2.45) is 0 Å². The van der Waals surface area contributed by atoms with Crippen molar-refractivity contribution in [1.82, 2.24) is 0 Å². The Hall–Kier alpha value is -2.82. The molecule has 0 aromatic heterocycles. The van der Waals surface area contributed by atoms with E-state index in [-0.39, 0.29) is 19.0 Å². The quantitative estimate of drug-likeness (QED) is 0.600. The minimum absolute atomic E-state index is 0.213. The molecule has 5 heteroatoms. The first-order valence-corrected chi connectivity index (χ1v) is 7.68. The van der Waals surface area contributed by atoms with Gasteiger partial charge in [0.2, 0.25) is 0 Å². The van der Waals surface area contributed by atoms with Crippen LogP contribution >= 0.6 is 0 Å². The van der Waals surface area contributed by atoms with Gasteiger partial charge in [-0.1, -0.05) is 24.3 Å². The van der Waals surface area contributed by atoms with Gasteiger partial charge >= 0.3 is 11.9 Å². The fraction of sp³-hybridized carbons (Fsp3) is 0.263. The third kappa shape index (κ3) is 4.59. The van der Waals surface area contributed by atoms with Crippen molar-refractivity contribution in [3.63, 3.8) is 0 Å². The van der Waals surface area contributed by atoms with Crippen LogP contribution in [0, 0.1) is 13.8 Å². The van der Waals surface area contributed by atoms with Gasteiger partial charge in [-0.05, 0) is 50.1 Å². The van der Waals surface area contributed by atoms with Gasteiger partial charge in [-0.25, -0.2) is 9.59 Å². The molecule has 0 aliphatic heterocycles. The van der Waals surface area contributed by atoms with Crippen molar-refractivity contribution < 1.29 is 23.8 Å². The second-order valence-corrected chi connectivity index (χ2v) is 5.23. The minimum atomic E-state index is -0.543. The van der Waals surface area contributed by atoms with Crippen LogP contribution in [0.2, 0.25) is 0 Å². The van der Waals surface area contributed by atoms with Crippen molar-refractivity contribution in [2.45, 2.75) is 20.8 Å². The maximum atomic E-state index is 12.0. The number of benzene rings is 2. The molecule has 0 atom stereocenters. The highest BCUT2D eigenvalue weighted by Crippen LogP contribution is 2.22. The molecule has 0 amide bonds. The summed E-state index contributed by atoms with van der Waals surface area (Å²) in [6, 6.07) is 12.0. The number of esters is 2. The Morgan fingerprint density at radius 1 is 1.00 bits per heavy atom. The monoisotopic (exact) mass is 328 g/mol. The van der Waals surface area contributed by atoms with Crippen LogP contribution in [0.25, 0.3) is 0 Å². The number of para-hydroxylation sites is 1. The van der Waals surface area contributed by atoms with E-state index < -0.39 is 11.9 Å². The summed E-state index contributed by atoms with van der Waals surface area (Å²) in [5.41, 5.74) is 2.23. The van der Waals surface area contributed by atoms with Gasteiger partial charge < -0.3 is 14.2 Å². The molecule has 0 bridgehead atoms. The molecule has 2 rings (SSSR count). The summed E-state index contributed by atoms with van der Waals surface area (Å²) in [5.74, 6) is -0.0498. The van der Waals surface area contributed by atoms with Gasteiger partial charge in [-0.3, -0.25) is 0 Å². The molecule has 0 fully saturated rings. The highest BCUT2D eigenvalue weighted by Gasteiger charge is 2.12. The van der Waals surface area contributed by atoms with E-state index in [1.807, 2.05) is 32.0 Å². The first-order valence-electron chi connectivity index (χ1n) is 7.68. The van der Waals surface area contributed by atoms with Crippen LogP contribution < -0.4 is 9.47 Å². The highest BCUT2D eigenvalue weighted by atomic mass is 16.6. The predicted molar refractivity (Wildman–Crippen MR) is 89.4 cm³/mol. The van der Waals surface area contributed by atoms with Crippen LogP contribution in [-0.2, 0) is 9.53 Å². The maximum absolute atomic E-state index is 12.0. The van der Waals surface area contributed by atoms with Crippen LogP contribution in [0.5, 0.6) is 11.5 Å². The lowest BCUT2D eigenvalue weighted by atomic mass is 10.1. The zero-order valence-electron chi connectivity index (χ0n) is 14.0. The van der Waals surface area contributed by atoms with E-state index in [1.54, 1.807) is 25.1 Å². The highest BCUT2D eigenvalue weighted by molar-refractivity contribution is 5.90. The molecule has 0 spiro atoms. The van der Waals surface area contributed by atoms with E-state index in [4.69, 9.17) is 14.2 Å². The van der Waals surface area contributed by atoms with Gasteiger partial charge in [0.25, 0.3) is 0 Å². The van der Waals surface area contributed by atoms with Crippen LogP contribution in [0.15, 0.2) is 42.5 Å². The van der Waals surface area contributed by atoms with E-state index in [0.29, 0.717) is 11.3 Å². The first-order chi connectivity index (χ1) is 11.5. The van der Waals surface area contributed by atoms with E-state index >= 15 is 0 Å². The third-order valence-corrected chi connectivity index (χ3v) is 3.32. The number of rotatable bonds is 6. The number of carbonyl (C=O) groups excluding carboxylic acids is 2. The summed E-state index contributed by atoms with van der Waals surface area (Å²) in [6.45, 7) is 5.63. The fourth-order valence-electron chi connectivity index (χ4n) is 2.22. The molecule has 0 heterocycles. The molecule has 0 unspecified atom stereocenters. The van der Waals surface area contributed by atoms with Crippen molar-refractivity contribution in [3.8, 4) is 11.5 Å². The SMILES string of the molecule is CCOC(=O)c1cccc(OC(=O)COc2c(C)cccc2C)c1. The predicted octanol–water partition coefficient (Wildman–Crippen LogP) is 3.46. The molecular weight excluding hydrogens is 308 g/mol. The number of hydrogen-bond donors (Lipinski definition) is 0. The van der Waals surface area contributed by atoms with E-state index in [2.05, 4.69) is 0 Å². The smallest absolute Gasteiger partial charge is 0.349 e. The van der Waals surface area contributed by atoms with E-state index in [9.17, 15) is 9.59 Å². The molecule has 0 aliphatic carbocycles. The van der Waals surface area contributed by atoms with Crippen molar-refractivity contribution >= 4 is 11.9 Å². The molecule has 126 valence electrons. The number of hydrogen-bond acceptors (Lipinski definition) is 5. The Morgan fingerprint density at radius 2 is 1.67 bits per heavy atom. The lowest BCUT2D eigenvalue weighted by Gasteiger charge is -2.11. The Kier molecular flexibility index (Phi) is 5.95. The van der Waals surface area contributed by atoms with Crippen LogP contribution in [-0.4, -0.2) is 25.2 Å². The number of ether oxygens (including phenoxy) is 3. The Balaban J connectivity index is 1.97. The average Bonchev–Trinajstić information content (AvgIpc) is 2.55. The van der Waals surface area contributed by atoms with Crippen LogP contribution in [0.4, 0.5) is 0 Å². The summed E-state index contributed by atoms with van der Waals surface area (Å²) in [6.07, 6.45) is 0.